The first-order chi connectivity index (χ1) is 13.6. The maximum absolute atomic E-state index is 13.2. The Morgan fingerprint density at radius 1 is 0.893 bits per heavy atom. The van der Waals surface area contributed by atoms with Crippen molar-refractivity contribution in [3.63, 3.8) is 0 Å². The fraction of sp³-hybridized carbons (Fsp3) is 0.0455. The summed E-state index contributed by atoms with van der Waals surface area (Å²) in [5, 5.41) is 11.2. The van der Waals surface area contributed by atoms with E-state index in [0.717, 1.165) is 20.8 Å². The van der Waals surface area contributed by atoms with E-state index in [9.17, 15) is 9.18 Å². The van der Waals surface area contributed by atoms with Crippen LogP contribution in [0.25, 0.3) is 22.0 Å². The Balaban J connectivity index is 1.63. The average Bonchev–Trinajstić information content (AvgIpc) is 2.73. The van der Waals surface area contributed by atoms with Gasteiger partial charge in [0.2, 0.25) is 0 Å². The first-order valence-electron chi connectivity index (χ1n) is 8.55. The number of halogens is 2. The van der Waals surface area contributed by atoms with E-state index in [1.807, 2.05) is 36.4 Å². The van der Waals surface area contributed by atoms with Crippen LogP contribution in [-0.4, -0.2) is 21.7 Å². The van der Waals surface area contributed by atoms with Gasteiger partial charge in [-0.05, 0) is 36.4 Å². The first-order valence-corrected chi connectivity index (χ1v) is 10.3. The zero-order chi connectivity index (χ0) is 19.5. The molecule has 1 aromatic heterocycles. The monoisotopic (exact) mass is 452 g/mol. The van der Waals surface area contributed by atoms with Crippen molar-refractivity contribution in [2.75, 3.05) is 5.75 Å². The van der Waals surface area contributed by atoms with Gasteiger partial charge in [-0.15, -0.1) is 10.2 Å². The summed E-state index contributed by atoms with van der Waals surface area (Å²) in [5.41, 5.74) is 2.16. The van der Waals surface area contributed by atoms with Crippen molar-refractivity contribution in [1.82, 2.24) is 10.2 Å². The van der Waals surface area contributed by atoms with Gasteiger partial charge in [0.25, 0.3) is 0 Å². The number of fused-ring (bicyclic) bond motifs is 1. The van der Waals surface area contributed by atoms with Gasteiger partial charge in [0.15, 0.2) is 5.78 Å². The quantitative estimate of drug-likeness (QED) is 0.268. The number of carbonyl (C=O) groups is 1. The number of hydrogen-bond acceptors (Lipinski definition) is 4. The molecule has 0 bridgehead atoms. The SMILES string of the molecule is O=C(CSc1nnc(-c2ccc(F)cc2)c2ccccc12)c1ccc(Br)cc1. The van der Waals surface area contributed by atoms with Crippen LogP contribution in [0.2, 0.25) is 0 Å². The molecule has 0 amide bonds. The molecule has 0 saturated heterocycles. The molecule has 0 aliphatic carbocycles. The lowest BCUT2D eigenvalue weighted by Gasteiger charge is -2.09. The lowest BCUT2D eigenvalue weighted by molar-refractivity contribution is 0.102. The highest BCUT2D eigenvalue weighted by molar-refractivity contribution is 9.10. The van der Waals surface area contributed by atoms with Crippen LogP contribution < -0.4 is 0 Å². The molecule has 0 radical (unpaired) electrons. The van der Waals surface area contributed by atoms with Crippen molar-refractivity contribution in [3.8, 4) is 11.3 Å². The summed E-state index contributed by atoms with van der Waals surface area (Å²) >= 11 is 4.74. The second-order valence-corrected chi connectivity index (χ2v) is 8.00. The van der Waals surface area contributed by atoms with Crippen LogP contribution in [0, 0.1) is 5.82 Å². The Bertz CT molecular complexity index is 1150. The summed E-state index contributed by atoms with van der Waals surface area (Å²) < 4.78 is 14.2. The highest BCUT2D eigenvalue weighted by atomic mass is 79.9. The zero-order valence-electron chi connectivity index (χ0n) is 14.6. The highest BCUT2D eigenvalue weighted by Gasteiger charge is 2.13. The molecule has 0 aliphatic heterocycles. The summed E-state index contributed by atoms with van der Waals surface area (Å²) in [6, 6.07) is 21.3. The fourth-order valence-corrected chi connectivity index (χ4v) is 3.99. The van der Waals surface area contributed by atoms with E-state index in [1.54, 1.807) is 24.3 Å². The maximum Gasteiger partial charge on any atom is 0.173 e. The largest absolute Gasteiger partial charge is 0.293 e. The van der Waals surface area contributed by atoms with Crippen molar-refractivity contribution >= 4 is 44.2 Å². The topological polar surface area (TPSA) is 42.9 Å². The second kappa shape index (κ2) is 8.20. The molecule has 0 saturated carbocycles. The van der Waals surface area contributed by atoms with Crippen LogP contribution in [0.4, 0.5) is 4.39 Å². The number of aromatic nitrogens is 2. The minimum absolute atomic E-state index is 0.0333. The van der Waals surface area contributed by atoms with Gasteiger partial charge < -0.3 is 0 Å². The molecule has 1 heterocycles. The number of rotatable bonds is 5. The van der Waals surface area contributed by atoms with E-state index in [-0.39, 0.29) is 17.4 Å². The Kier molecular flexibility index (Phi) is 5.50. The summed E-state index contributed by atoms with van der Waals surface area (Å²) in [6.45, 7) is 0. The second-order valence-electron chi connectivity index (χ2n) is 6.12. The molecule has 0 unspecified atom stereocenters. The van der Waals surface area contributed by atoms with Crippen molar-refractivity contribution in [3.05, 3.63) is 88.6 Å². The number of nitrogens with zero attached hydrogens (tertiary/aromatic N) is 2. The summed E-state index contributed by atoms with van der Waals surface area (Å²) in [6.07, 6.45) is 0. The van der Waals surface area contributed by atoms with Crippen LogP contribution in [-0.2, 0) is 0 Å². The number of hydrogen-bond donors (Lipinski definition) is 0. The Labute approximate surface area is 174 Å². The molecule has 0 aliphatic rings. The van der Waals surface area contributed by atoms with Crippen LogP contribution in [0.3, 0.4) is 0 Å². The summed E-state index contributed by atoms with van der Waals surface area (Å²) in [5.74, 6) is 0.0153. The van der Waals surface area contributed by atoms with Gasteiger partial charge in [-0.2, -0.15) is 0 Å². The number of ketones is 1. The molecule has 4 aromatic rings. The smallest absolute Gasteiger partial charge is 0.173 e. The highest BCUT2D eigenvalue weighted by Crippen LogP contribution is 2.32. The predicted octanol–water partition coefficient (Wildman–Crippen LogP) is 6.17. The summed E-state index contributed by atoms with van der Waals surface area (Å²) in [4.78, 5) is 12.5. The molecule has 0 fully saturated rings. The van der Waals surface area contributed by atoms with Crippen LogP contribution in [0.5, 0.6) is 0 Å². The lowest BCUT2D eigenvalue weighted by atomic mass is 10.1. The van der Waals surface area contributed by atoms with Gasteiger partial charge in [-0.25, -0.2) is 4.39 Å². The molecule has 0 spiro atoms. The van der Waals surface area contributed by atoms with Gasteiger partial charge in [0.05, 0.1) is 5.75 Å². The number of carbonyl (C=O) groups excluding carboxylic acids is 1. The van der Waals surface area contributed by atoms with Crippen molar-refractivity contribution in [2.24, 2.45) is 0 Å². The fourth-order valence-electron chi connectivity index (χ4n) is 2.86. The Hall–Kier alpha value is -2.57. The predicted molar refractivity (Wildman–Crippen MR) is 114 cm³/mol. The van der Waals surface area contributed by atoms with Gasteiger partial charge >= 0.3 is 0 Å². The van der Waals surface area contributed by atoms with E-state index in [0.29, 0.717) is 16.3 Å². The van der Waals surface area contributed by atoms with Crippen LogP contribution in [0.1, 0.15) is 10.4 Å². The van der Waals surface area contributed by atoms with Crippen molar-refractivity contribution in [1.29, 1.82) is 0 Å². The Morgan fingerprint density at radius 2 is 1.57 bits per heavy atom. The standard InChI is InChI=1S/C22H14BrFN2OS/c23-16-9-5-14(6-10-16)20(27)13-28-22-19-4-2-1-3-18(19)21(25-26-22)15-7-11-17(24)12-8-15/h1-12H,13H2. The van der Waals surface area contributed by atoms with E-state index in [4.69, 9.17) is 0 Å². The van der Waals surface area contributed by atoms with Gasteiger partial charge in [-0.1, -0.05) is 64.1 Å². The minimum atomic E-state index is -0.292. The minimum Gasteiger partial charge on any atom is -0.293 e. The van der Waals surface area contributed by atoms with Crippen molar-refractivity contribution in [2.45, 2.75) is 5.03 Å². The number of Topliss-reactive ketones (excluding diaryl/α,β-unsaturated/α-hetero) is 1. The molecule has 138 valence electrons. The molecule has 0 N–H and O–H groups in total. The normalized spacial score (nSPS) is 10.9. The first kappa shape index (κ1) is 18.8. The van der Waals surface area contributed by atoms with Gasteiger partial charge in [-0.3, -0.25) is 4.79 Å². The summed E-state index contributed by atoms with van der Waals surface area (Å²) in [7, 11) is 0. The molecular formula is C22H14BrFN2OS. The molecule has 3 aromatic carbocycles. The van der Waals surface area contributed by atoms with Crippen LogP contribution >= 0.6 is 27.7 Å². The lowest BCUT2D eigenvalue weighted by Crippen LogP contribution is -2.03. The average molecular weight is 453 g/mol. The van der Waals surface area contributed by atoms with E-state index in [1.165, 1.54) is 23.9 Å². The van der Waals surface area contributed by atoms with E-state index >= 15 is 0 Å². The molecule has 3 nitrogen and oxygen atoms in total. The molecular weight excluding hydrogens is 439 g/mol. The van der Waals surface area contributed by atoms with Gasteiger partial charge in [0.1, 0.15) is 16.5 Å². The van der Waals surface area contributed by atoms with E-state index in [2.05, 4.69) is 26.1 Å². The third-order valence-electron chi connectivity index (χ3n) is 4.28. The van der Waals surface area contributed by atoms with Gasteiger partial charge in [0, 0.05) is 26.4 Å². The molecule has 28 heavy (non-hydrogen) atoms. The third kappa shape index (κ3) is 3.98. The zero-order valence-corrected chi connectivity index (χ0v) is 17.0. The number of thioether (sulfide) groups is 1. The van der Waals surface area contributed by atoms with E-state index < -0.39 is 0 Å². The number of benzene rings is 3. The maximum atomic E-state index is 13.2. The van der Waals surface area contributed by atoms with Crippen molar-refractivity contribution < 1.29 is 9.18 Å². The Morgan fingerprint density at radius 3 is 2.29 bits per heavy atom. The van der Waals surface area contributed by atoms with Crippen LogP contribution in [0.15, 0.2) is 82.3 Å². The molecule has 4 rings (SSSR count). The molecule has 6 heteroatoms. The third-order valence-corrected chi connectivity index (χ3v) is 5.79. The molecule has 0 atom stereocenters.